The molecule has 0 spiro atoms. The molecule has 0 aliphatic rings. The molecule has 4 heteroatoms. The first-order valence-electron chi connectivity index (χ1n) is 8.08. The van der Waals surface area contributed by atoms with Crippen molar-refractivity contribution in [2.75, 3.05) is 13.2 Å². The second-order valence-electron chi connectivity index (χ2n) is 5.75. The van der Waals surface area contributed by atoms with Crippen molar-refractivity contribution in [3.8, 4) is 5.75 Å². The van der Waals surface area contributed by atoms with E-state index in [1.54, 1.807) is 0 Å². The van der Waals surface area contributed by atoms with Crippen molar-refractivity contribution in [2.24, 2.45) is 0 Å². The Hall–Kier alpha value is -1.81. The Bertz CT molecular complexity index is 642. The number of hydrogen-bond acceptors (Lipinski definition) is 3. The molecule has 0 aromatic heterocycles. The molecule has 2 aromatic carbocycles. The lowest BCUT2D eigenvalue weighted by Gasteiger charge is -2.18. The number of para-hydroxylation sites is 1. The van der Waals surface area contributed by atoms with Crippen LogP contribution in [-0.4, -0.2) is 24.4 Å². The molecule has 128 valence electrons. The van der Waals surface area contributed by atoms with Crippen LogP contribution in [0.3, 0.4) is 0 Å². The molecular weight excluding hydrogens is 322 g/mol. The first-order chi connectivity index (χ1) is 11.6. The number of aliphatic hydroxyl groups excluding tert-OH is 1. The molecule has 0 bridgehead atoms. The lowest BCUT2D eigenvalue weighted by molar-refractivity contribution is 0.104. The van der Waals surface area contributed by atoms with E-state index in [9.17, 15) is 5.11 Å². The molecule has 0 aliphatic carbocycles. The predicted molar refractivity (Wildman–Crippen MR) is 99.7 cm³/mol. The summed E-state index contributed by atoms with van der Waals surface area (Å²) in [5, 5.41) is 14.2. The van der Waals surface area contributed by atoms with Gasteiger partial charge in [-0.2, -0.15) is 0 Å². The number of hydrogen-bond donors (Lipinski definition) is 2. The molecule has 2 unspecified atom stereocenters. The summed E-state index contributed by atoms with van der Waals surface area (Å²) in [5.41, 5.74) is 2.20. The van der Waals surface area contributed by atoms with E-state index in [2.05, 4.69) is 18.8 Å². The van der Waals surface area contributed by atoms with Gasteiger partial charge in [-0.1, -0.05) is 48.0 Å². The van der Waals surface area contributed by atoms with Crippen LogP contribution in [0.5, 0.6) is 5.75 Å². The Labute approximate surface area is 148 Å². The molecule has 2 aromatic rings. The Morgan fingerprint density at radius 3 is 2.62 bits per heavy atom. The Kier molecular flexibility index (Phi) is 7.32. The minimum atomic E-state index is -0.587. The Morgan fingerprint density at radius 1 is 1.21 bits per heavy atom. The summed E-state index contributed by atoms with van der Waals surface area (Å²) in [7, 11) is 0. The third-order valence-corrected chi connectivity index (χ3v) is 4.05. The van der Waals surface area contributed by atoms with Crippen LogP contribution in [0, 0.1) is 0 Å². The number of allylic oxidation sites excluding steroid dienone is 1. The van der Waals surface area contributed by atoms with Crippen LogP contribution in [0.25, 0.3) is 0 Å². The SMILES string of the molecule is C=CCc1ccccc1OCC(O)CNC(C)c1ccc(Cl)cc1. The van der Waals surface area contributed by atoms with E-state index >= 15 is 0 Å². The number of nitrogens with one attached hydrogen (secondary N) is 1. The van der Waals surface area contributed by atoms with Crippen molar-refractivity contribution in [2.45, 2.75) is 25.5 Å². The second-order valence-corrected chi connectivity index (χ2v) is 6.18. The molecule has 0 heterocycles. The maximum Gasteiger partial charge on any atom is 0.122 e. The standard InChI is InChI=1S/C20H24ClNO2/c1-3-6-17-7-4-5-8-20(17)24-14-19(23)13-22-15(2)16-9-11-18(21)12-10-16/h3-5,7-12,15,19,22-23H,1,6,13-14H2,2H3. The van der Waals surface area contributed by atoms with Crippen LogP contribution in [0.2, 0.25) is 5.02 Å². The van der Waals surface area contributed by atoms with Gasteiger partial charge in [0.25, 0.3) is 0 Å². The number of rotatable bonds is 9. The first kappa shape index (κ1) is 18.5. The van der Waals surface area contributed by atoms with Crippen LogP contribution in [-0.2, 0) is 6.42 Å². The van der Waals surface area contributed by atoms with Gasteiger partial charge in [0.2, 0.25) is 0 Å². The highest BCUT2D eigenvalue weighted by Gasteiger charge is 2.10. The molecule has 0 radical (unpaired) electrons. The van der Waals surface area contributed by atoms with Crippen LogP contribution >= 0.6 is 11.6 Å². The second kappa shape index (κ2) is 9.48. The molecular formula is C20H24ClNO2. The van der Waals surface area contributed by atoms with Crippen molar-refractivity contribution in [1.82, 2.24) is 5.32 Å². The molecule has 2 rings (SSSR count). The van der Waals surface area contributed by atoms with E-state index in [0.29, 0.717) is 6.54 Å². The topological polar surface area (TPSA) is 41.5 Å². The maximum atomic E-state index is 10.1. The van der Waals surface area contributed by atoms with E-state index < -0.39 is 6.10 Å². The number of benzene rings is 2. The van der Waals surface area contributed by atoms with Crippen molar-refractivity contribution < 1.29 is 9.84 Å². The zero-order chi connectivity index (χ0) is 17.4. The highest BCUT2D eigenvalue weighted by atomic mass is 35.5. The van der Waals surface area contributed by atoms with Gasteiger partial charge >= 0.3 is 0 Å². The minimum absolute atomic E-state index is 0.130. The highest BCUT2D eigenvalue weighted by Crippen LogP contribution is 2.19. The van der Waals surface area contributed by atoms with Crippen LogP contribution in [0.1, 0.15) is 24.1 Å². The zero-order valence-electron chi connectivity index (χ0n) is 13.9. The summed E-state index contributed by atoms with van der Waals surface area (Å²) < 4.78 is 5.75. The summed E-state index contributed by atoms with van der Waals surface area (Å²) in [6.07, 6.45) is 2.00. The summed E-state index contributed by atoms with van der Waals surface area (Å²) in [5.74, 6) is 0.794. The van der Waals surface area contributed by atoms with E-state index in [-0.39, 0.29) is 12.6 Å². The van der Waals surface area contributed by atoms with E-state index in [0.717, 1.165) is 28.3 Å². The van der Waals surface area contributed by atoms with E-state index in [1.807, 2.05) is 54.6 Å². The van der Waals surface area contributed by atoms with Gasteiger partial charge < -0.3 is 15.2 Å². The van der Waals surface area contributed by atoms with E-state index in [4.69, 9.17) is 16.3 Å². The summed E-state index contributed by atoms with van der Waals surface area (Å²) in [4.78, 5) is 0. The fourth-order valence-electron chi connectivity index (χ4n) is 2.40. The molecule has 0 fully saturated rings. The number of ether oxygens (including phenoxy) is 1. The lowest BCUT2D eigenvalue weighted by Crippen LogP contribution is -2.33. The third kappa shape index (κ3) is 5.68. The van der Waals surface area contributed by atoms with Crippen molar-refractivity contribution in [3.63, 3.8) is 0 Å². The van der Waals surface area contributed by atoms with Gasteiger partial charge in [-0.15, -0.1) is 6.58 Å². The summed E-state index contributed by atoms with van der Waals surface area (Å²) in [6.45, 7) is 6.50. The van der Waals surface area contributed by atoms with Crippen LogP contribution < -0.4 is 10.1 Å². The minimum Gasteiger partial charge on any atom is -0.491 e. The third-order valence-electron chi connectivity index (χ3n) is 3.80. The quantitative estimate of drug-likeness (QED) is 0.670. The van der Waals surface area contributed by atoms with E-state index in [1.165, 1.54) is 0 Å². The summed E-state index contributed by atoms with van der Waals surface area (Å²) >= 11 is 5.90. The van der Waals surface area contributed by atoms with Crippen molar-refractivity contribution >= 4 is 11.6 Å². The average molecular weight is 346 g/mol. The summed E-state index contributed by atoms with van der Waals surface area (Å²) in [6, 6.07) is 15.6. The molecule has 2 atom stereocenters. The fraction of sp³-hybridized carbons (Fsp3) is 0.300. The van der Waals surface area contributed by atoms with Gasteiger partial charge in [0.05, 0.1) is 0 Å². The zero-order valence-corrected chi connectivity index (χ0v) is 14.7. The normalized spacial score (nSPS) is 13.3. The van der Waals surface area contributed by atoms with Gasteiger partial charge in [-0.3, -0.25) is 0 Å². The molecule has 0 aliphatic heterocycles. The molecule has 0 amide bonds. The molecule has 0 saturated heterocycles. The van der Waals surface area contributed by atoms with Gasteiger partial charge in [0.15, 0.2) is 0 Å². The fourth-order valence-corrected chi connectivity index (χ4v) is 2.52. The smallest absolute Gasteiger partial charge is 0.122 e. The molecule has 24 heavy (non-hydrogen) atoms. The van der Waals surface area contributed by atoms with Gasteiger partial charge in [0.1, 0.15) is 18.5 Å². The monoisotopic (exact) mass is 345 g/mol. The highest BCUT2D eigenvalue weighted by molar-refractivity contribution is 6.30. The van der Waals surface area contributed by atoms with Gasteiger partial charge in [0, 0.05) is 17.6 Å². The van der Waals surface area contributed by atoms with Crippen LogP contribution in [0.4, 0.5) is 0 Å². The average Bonchev–Trinajstić information content (AvgIpc) is 2.60. The Morgan fingerprint density at radius 2 is 1.92 bits per heavy atom. The van der Waals surface area contributed by atoms with Crippen LogP contribution in [0.15, 0.2) is 61.2 Å². The number of halogens is 1. The van der Waals surface area contributed by atoms with Crippen molar-refractivity contribution in [3.05, 3.63) is 77.3 Å². The largest absolute Gasteiger partial charge is 0.491 e. The molecule has 3 nitrogen and oxygen atoms in total. The predicted octanol–water partition coefficient (Wildman–Crippen LogP) is 4.16. The Balaban J connectivity index is 1.80. The molecule has 2 N–H and O–H groups in total. The number of aliphatic hydroxyl groups is 1. The lowest BCUT2D eigenvalue weighted by atomic mass is 10.1. The first-order valence-corrected chi connectivity index (χ1v) is 8.46. The molecule has 0 saturated carbocycles. The van der Waals surface area contributed by atoms with Crippen molar-refractivity contribution in [1.29, 1.82) is 0 Å². The maximum absolute atomic E-state index is 10.1. The van der Waals surface area contributed by atoms with Gasteiger partial charge in [-0.05, 0) is 42.7 Å². The van der Waals surface area contributed by atoms with Gasteiger partial charge in [-0.25, -0.2) is 0 Å².